The van der Waals surface area contributed by atoms with Crippen LogP contribution in [0.4, 0.5) is 0 Å². The van der Waals surface area contributed by atoms with Gasteiger partial charge < -0.3 is 9.72 Å². The van der Waals surface area contributed by atoms with Crippen LogP contribution in [0.1, 0.15) is 24.8 Å². The van der Waals surface area contributed by atoms with Gasteiger partial charge in [-0.05, 0) is 24.8 Å². The van der Waals surface area contributed by atoms with Gasteiger partial charge in [-0.2, -0.15) is 0 Å². The van der Waals surface area contributed by atoms with Gasteiger partial charge in [0.05, 0.1) is 5.39 Å². The molecular formula is C18H17N3O3S. The Kier molecular flexibility index (Phi) is 4.01. The second-order valence-corrected chi connectivity index (χ2v) is 7.87. The summed E-state index contributed by atoms with van der Waals surface area (Å²) in [5, 5.41) is 0.409. The van der Waals surface area contributed by atoms with Crippen molar-refractivity contribution in [1.82, 2.24) is 15.0 Å². The summed E-state index contributed by atoms with van der Waals surface area (Å²) in [6.45, 7) is 0.306. The topological polar surface area (TPSA) is 84.9 Å². The third-order valence-corrected chi connectivity index (χ3v) is 6.21. The summed E-state index contributed by atoms with van der Waals surface area (Å²) in [6.07, 6.45) is 6.87. The molecule has 0 atom stereocenters. The van der Waals surface area contributed by atoms with Crippen molar-refractivity contribution in [3.63, 3.8) is 0 Å². The van der Waals surface area contributed by atoms with E-state index >= 15 is 0 Å². The number of H-pyrrole nitrogens is 1. The zero-order valence-corrected chi connectivity index (χ0v) is 14.3. The Bertz CT molecular complexity index is 1040. The number of fused-ring (bicyclic) bond motifs is 1. The fourth-order valence-electron chi connectivity index (χ4n) is 2.98. The van der Waals surface area contributed by atoms with Crippen molar-refractivity contribution in [2.75, 3.05) is 0 Å². The first-order chi connectivity index (χ1) is 12.2. The van der Waals surface area contributed by atoms with Crippen LogP contribution in [0.3, 0.4) is 0 Å². The molecule has 0 aliphatic heterocycles. The molecule has 1 N–H and O–H groups in total. The number of aromatic nitrogens is 3. The molecule has 2 heterocycles. The first kappa shape index (κ1) is 15.8. The number of benzene rings is 1. The maximum Gasteiger partial charge on any atom is 0.227 e. The van der Waals surface area contributed by atoms with Gasteiger partial charge in [0.15, 0.2) is 0 Å². The van der Waals surface area contributed by atoms with Crippen LogP contribution in [0.15, 0.2) is 58.7 Å². The molecule has 3 aromatic rings. The molecule has 128 valence electrons. The van der Waals surface area contributed by atoms with E-state index in [-0.39, 0.29) is 10.8 Å². The van der Waals surface area contributed by atoms with Crippen molar-refractivity contribution < 1.29 is 13.2 Å². The van der Waals surface area contributed by atoms with Crippen molar-refractivity contribution in [3.05, 3.63) is 59.4 Å². The van der Waals surface area contributed by atoms with Crippen LogP contribution >= 0.6 is 0 Å². The number of ether oxygens (including phenoxy) is 1. The van der Waals surface area contributed by atoms with E-state index in [1.165, 1.54) is 12.5 Å². The summed E-state index contributed by atoms with van der Waals surface area (Å²) in [6, 6.07) is 9.66. The van der Waals surface area contributed by atoms with E-state index in [2.05, 4.69) is 15.0 Å². The maximum atomic E-state index is 12.9. The standard InChI is InChI=1S/C18H17N3O3S/c22-25(23,14-8-4-5-9-14)15-10-19-17-16(15)18(21-12-20-17)24-11-13-6-2-1-3-7-13/h1-3,6-8,10,12H,4-5,9,11H2,(H,19,20,21). The van der Waals surface area contributed by atoms with Crippen LogP contribution in [0.25, 0.3) is 11.0 Å². The third-order valence-electron chi connectivity index (χ3n) is 4.25. The summed E-state index contributed by atoms with van der Waals surface area (Å²) >= 11 is 0. The quantitative estimate of drug-likeness (QED) is 0.758. The van der Waals surface area contributed by atoms with E-state index in [9.17, 15) is 8.42 Å². The molecule has 25 heavy (non-hydrogen) atoms. The monoisotopic (exact) mass is 355 g/mol. The molecule has 0 spiro atoms. The Balaban J connectivity index is 1.74. The van der Waals surface area contributed by atoms with Crippen LogP contribution in [0.2, 0.25) is 0 Å². The highest BCUT2D eigenvalue weighted by Gasteiger charge is 2.28. The van der Waals surface area contributed by atoms with Crippen LogP contribution in [-0.2, 0) is 16.4 Å². The number of hydrogen-bond donors (Lipinski definition) is 1. The number of rotatable bonds is 5. The van der Waals surface area contributed by atoms with Crippen LogP contribution < -0.4 is 4.74 Å². The molecule has 0 unspecified atom stereocenters. The van der Waals surface area contributed by atoms with E-state index in [0.29, 0.717) is 29.0 Å². The Hall–Kier alpha value is -2.67. The molecule has 2 aromatic heterocycles. The molecule has 0 amide bonds. The SMILES string of the molecule is O=S(=O)(C1=CCCC1)c1c[nH]c2ncnc(OCc3ccccc3)c12. The van der Waals surface area contributed by atoms with Gasteiger partial charge in [0.25, 0.3) is 0 Å². The smallest absolute Gasteiger partial charge is 0.227 e. The molecule has 4 rings (SSSR count). The van der Waals surface area contributed by atoms with Crippen molar-refractivity contribution in [1.29, 1.82) is 0 Å². The van der Waals surface area contributed by atoms with Crippen molar-refractivity contribution in [3.8, 4) is 5.88 Å². The average molecular weight is 355 g/mol. The zero-order valence-electron chi connectivity index (χ0n) is 13.5. The van der Waals surface area contributed by atoms with Gasteiger partial charge >= 0.3 is 0 Å². The number of sulfone groups is 1. The molecule has 0 radical (unpaired) electrons. The minimum Gasteiger partial charge on any atom is -0.472 e. The minimum absolute atomic E-state index is 0.180. The van der Waals surface area contributed by atoms with Gasteiger partial charge in [0, 0.05) is 11.1 Å². The lowest BCUT2D eigenvalue weighted by atomic mass is 10.2. The van der Waals surface area contributed by atoms with Gasteiger partial charge in [0.2, 0.25) is 15.7 Å². The summed E-state index contributed by atoms with van der Waals surface area (Å²) in [7, 11) is -3.56. The van der Waals surface area contributed by atoms with E-state index in [1.807, 2.05) is 30.3 Å². The first-order valence-electron chi connectivity index (χ1n) is 8.09. The average Bonchev–Trinajstić information content (AvgIpc) is 3.31. The summed E-state index contributed by atoms with van der Waals surface area (Å²) in [4.78, 5) is 11.8. The van der Waals surface area contributed by atoms with Gasteiger partial charge in [-0.15, -0.1) is 0 Å². The van der Waals surface area contributed by atoms with Gasteiger partial charge in [-0.3, -0.25) is 0 Å². The highest BCUT2D eigenvalue weighted by Crippen LogP contribution is 2.35. The molecule has 6 nitrogen and oxygen atoms in total. The second kappa shape index (κ2) is 6.33. The van der Waals surface area contributed by atoms with Gasteiger partial charge in [-0.1, -0.05) is 36.4 Å². The summed E-state index contributed by atoms with van der Waals surface area (Å²) < 4.78 is 31.7. The Labute approximate surface area is 145 Å². The van der Waals surface area contributed by atoms with Crippen molar-refractivity contribution >= 4 is 20.9 Å². The fraction of sp³-hybridized carbons (Fsp3) is 0.222. The molecule has 1 aliphatic rings. The Morgan fingerprint density at radius 2 is 2.00 bits per heavy atom. The van der Waals surface area contributed by atoms with Crippen molar-refractivity contribution in [2.24, 2.45) is 0 Å². The Morgan fingerprint density at radius 3 is 2.76 bits per heavy atom. The molecule has 7 heteroatoms. The highest BCUT2D eigenvalue weighted by atomic mass is 32.2. The fourth-order valence-corrected chi connectivity index (χ4v) is 4.68. The van der Waals surface area contributed by atoms with Crippen molar-refractivity contribution in [2.45, 2.75) is 30.8 Å². The molecular weight excluding hydrogens is 338 g/mol. The maximum absolute atomic E-state index is 12.9. The van der Waals surface area contributed by atoms with Crippen LogP contribution in [-0.4, -0.2) is 23.4 Å². The summed E-state index contributed by atoms with van der Waals surface area (Å²) in [5.74, 6) is 0.271. The second-order valence-electron chi connectivity index (χ2n) is 5.90. The highest BCUT2D eigenvalue weighted by molar-refractivity contribution is 7.95. The summed E-state index contributed by atoms with van der Waals surface area (Å²) in [5.41, 5.74) is 1.43. The molecule has 0 saturated carbocycles. The molecule has 1 aliphatic carbocycles. The molecule has 0 fully saturated rings. The molecule has 1 aromatic carbocycles. The normalized spacial score (nSPS) is 14.6. The number of allylic oxidation sites excluding steroid dienone is 2. The Morgan fingerprint density at radius 1 is 1.16 bits per heavy atom. The lowest BCUT2D eigenvalue weighted by Crippen LogP contribution is -2.04. The predicted molar refractivity (Wildman–Crippen MR) is 93.8 cm³/mol. The predicted octanol–water partition coefficient (Wildman–Crippen LogP) is 3.38. The van der Waals surface area contributed by atoms with Crippen LogP contribution in [0.5, 0.6) is 5.88 Å². The van der Waals surface area contributed by atoms with Crippen LogP contribution in [0, 0.1) is 0 Å². The van der Waals surface area contributed by atoms with E-state index < -0.39 is 9.84 Å². The third kappa shape index (κ3) is 2.91. The number of nitrogens with one attached hydrogen (secondary N) is 1. The lowest BCUT2D eigenvalue weighted by molar-refractivity contribution is 0.297. The zero-order chi connectivity index (χ0) is 17.3. The minimum atomic E-state index is -3.56. The van der Waals surface area contributed by atoms with E-state index in [0.717, 1.165) is 18.4 Å². The van der Waals surface area contributed by atoms with Gasteiger partial charge in [-0.25, -0.2) is 18.4 Å². The number of aromatic amines is 1. The number of hydrogen-bond acceptors (Lipinski definition) is 5. The first-order valence-corrected chi connectivity index (χ1v) is 9.57. The molecule has 0 bridgehead atoms. The molecule has 0 saturated heterocycles. The van der Waals surface area contributed by atoms with E-state index in [4.69, 9.17) is 4.74 Å². The largest absolute Gasteiger partial charge is 0.472 e. The van der Waals surface area contributed by atoms with Gasteiger partial charge in [0.1, 0.15) is 23.5 Å². The number of nitrogens with zero attached hydrogens (tertiary/aromatic N) is 2. The van der Waals surface area contributed by atoms with E-state index in [1.54, 1.807) is 6.08 Å². The lowest BCUT2D eigenvalue weighted by Gasteiger charge is -2.08.